The monoisotopic (exact) mass is 279 g/mol. The number of nitrogen functional groups attached to an aromatic ring is 1. The fraction of sp³-hybridized carbons (Fsp3) is 0. The molecule has 9 nitrogen and oxygen atoms in total. The maximum absolute atomic E-state index is 12.0. The van der Waals surface area contributed by atoms with Gasteiger partial charge >= 0.3 is 5.97 Å². The van der Waals surface area contributed by atoms with E-state index in [9.17, 15) is 4.79 Å². The summed E-state index contributed by atoms with van der Waals surface area (Å²) in [5.74, 6) is -0.757. The van der Waals surface area contributed by atoms with E-state index in [-0.39, 0.29) is 17.0 Å². The lowest BCUT2D eigenvalue weighted by Gasteiger charge is -2.00. The number of nitrogens with two attached hydrogens (primary N) is 1. The highest BCUT2D eigenvalue weighted by molar-refractivity contribution is 6.30. The van der Waals surface area contributed by atoms with E-state index >= 15 is 0 Å². The molecule has 0 amide bonds. The molecule has 3 aromatic rings. The Balaban J connectivity index is 2.04. The average molecular weight is 280 g/mol. The first kappa shape index (κ1) is 11.4. The number of fused-ring (bicyclic) bond motifs is 1. The second kappa shape index (κ2) is 4.21. The lowest BCUT2D eigenvalue weighted by molar-refractivity contribution is 0.0387. The van der Waals surface area contributed by atoms with E-state index in [1.54, 1.807) is 0 Å². The summed E-state index contributed by atoms with van der Waals surface area (Å²) in [6, 6.07) is 0. The average Bonchev–Trinajstić information content (AvgIpc) is 2.95. The van der Waals surface area contributed by atoms with Gasteiger partial charge < -0.3 is 10.6 Å². The highest BCUT2D eigenvalue weighted by atomic mass is 35.5. The summed E-state index contributed by atoms with van der Waals surface area (Å²) in [5, 5.41) is 11.3. The van der Waals surface area contributed by atoms with Crippen LogP contribution in [0.15, 0.2) is 24.8 Å². The Morgan fingerprint density at radius 2 is 2.32 bits per heavy atom. The van der Waals surface area contributed by atoms with Crippen molar-refractivity contribution in [2.24, 2.45) is 0 Å². The summed E-state index contributed by atoms with van der Waals surface area (Å²) in [5.41, 5.74) is 5.95. The van der Waals surface area contributed by atoms with Crippen molar-refractivity contribution in [2.45, 2.75) is 0 Å². The number of rotatable bonds is 2. The maximum atomic E-state index is 12.0. The molecule has 10 heteroatoms. The zero-order valence-electron chi connectivity index (χ0n) is 9.26. The molecule has 0 aliphatic rings. The van der Waals surface area contributed by atoms with E-state index in [0.29, 0.717) is 5.02 Å². The van der Waals surface area contributed by atoms with Gasteiger partial charge in [0.1, 0.15) is 0 Å². The highest BCUT2D eigenvalue weighted by Crippen LogP contribution is 2.18. The van der Waals surface area contributed by atoms with Gasteiger partial charge in [-0.2, -0.15) is 0 Å². The SMILES string of the molecule is Nc1nn2cc(Cl)cnc2c1C(=O)On1ccnn1. The standard InChI is InChI=1S/C9H6ClN7O2/c10-5-3-12-8-6(7(11)14-16(8)4-5)9(18)19-17-2-1-13-15-17/h1-4H,(H2,11,14). The van der Waals surface area contributed by atoms with Crippen LogP contribution < -0.4 is 10.6 Å². The smallest absolute Gasteiger partial charge is 0.373 e. The molecule has 0 saturated carbocycles. The van der Waals surface area contributed by atoms with Crippen LogP contribution in [0.1, 0.15) is 10.4 Å². The molecule has 96 valence electrons. The van der Waals surface area contributed by atoms with E-state index in [1.807, 2.05) is 0 Å². The van der Waals surface area contributed by atoms with Crippen molar-refractivity contribution in [3.05, 3.63) is 35.4 Å². The molecule has 0 aromatic carbocycles. The van der Waals surface area contributed by atoms with E-state index < -0.39 is 5.97 Å². The molecule has 0 radical (unpaired) electrons. The van der Waals surface area contributed by atoms with Crippen molar-refractivity contribution in [2.75, 3.05) is 5.73 Å². The molecular weight excluding hydrogens is 274 g/mol. The van der Waals surface area contributed by atoms with Crippen LogP contribution in [0.3, 0.4) is 0 Å². The normalized spacial score (nSPS) is 10.8. The predicted octanol–water partition coefficient (Wildman–Crippen LogP) is -0.175. The highest BCUT2D eigenvalue weighted by Gasteiger charge is 2.22. The van der Waals surface area contributed by atoms with Crippen molar-refractivity contribution in [3.8, 4) is 0 Å². The van der Waals surface area contributed by atoms with Gasteiger partial charge in [-0.25, -0.2) is 14.3 Å². The van der Waals surface area contributed by atoms with Crippen molar-refractivity contribution >= 4 is 29.0 Å². The van der Waals surface area contributed by atoms with Crippen molar-refractivity contribution in [1.82, 2.24) is 29.8 Å². The molecule has 2 N–H and O–H groups in total. The molecule has 19 heavy (non-hydrogen) atoms. The summed E-state index contributed by atoms with van der Waals surface area (Å²) >= 11 is 5.77. The zero-order chi connectivity index (χ0) is 13.4. The first-order chi connectivity index (χ1) is 9.15. The van der Waals surface area contributed by atoms with Gasteiger partial charge in [-0.15, -0.1) is 10.2 Å². The molecule has 0 aliphatic carbocycles. The molecular formula is C9H6ClN7O2. The van der Waals surface area contributed by atoms with Crippen molar-refractivity contribution in [3.63, 3.8) is 0 Å². The van der Waals surface area contributed by atoms with Gasteiger partial charge in [0.05, 0.1) is 23.6 Å². The molecule has 0 saturated heterocycles. The molecule has 3 rings (SSSR count). The van der Waals surface area contributed by atoms with Gasteiger partial charge in [0.15, 0.2) is 17.0 Å². The quantitative estimate of drug-likeness (QED) is 0.648. The fourth-order valence-corrected chi connectivity index (χ4v) is 1.64. The lowest BCUT2D eigenvalue weighted by Crippen LogP contribution is -2.21. The van der Waals surface area contributed by atoms with Crippen molar-refractivity contribution in [1.29, 1.82) is 0 Å². The van der Waals surface area contributed by atoms with Crippen LogP contribution in [0.4, 0.5) is 5.82 Å². The predicted molar refractivity (Wildman–Crippen MR) is 63.3 cm³/mol. The number of halogens is 1. The molecule has 3 aromatic heterocycles. The Morgan fingerprint density at radius 3 is 3.05 bits per heavy atom. The van der Waals surface area contributed by atoms with Crippen LogP contribution in [-0.2, 0) is 0 Å². The summed E-state index contributed by atoms with van der Waals surface area (Å²) in [6.07, 6.45) is 5.59. The molecule has 0 spiro atoms. The van der Waals surface area contributed by atoms with Crippen LogP contribution in [0.5, 0.6) is 0 Å². The van der Waals surface area contributed by atoms with E-state index in [1.165, 1.54) is 29.3 Å². The first-order valence-corrected chi connectivity index (χ1v) is 5.41. The van der Waals surface area contributed by atoms with E-state index in [0.717, 1.165) is 4.85 Å². The van der Waals surface area contributed by atoms with Crippen molar-refractivity contribution < 1.29 is 9.63 Å². The summed E-state index contributed by atoms with van der Waals surface area (Å²) in [6.45, 7) is 0. The van der Waals surface area contributed by atoms with Gasteiger partial charge in [-0.3, -0.25) is 0 Å². The third-order valence-electron chi connectivity index (χ3n) is 2.25. The number of hydrogen-bond donors (Lipinski definition) is 1. The molecule has 0 atom stereocenters. The lowest BCUT2D eigenvalue weighted by atomic mass is 10.3. The van der Waals surface area contributed by atoms with Gasteiger partial charge in [-0.1, -0.05) is 16.4 Å². The number of anilines is 1. The molecule has 0 aliphatic heterocycles. The van der Waals surface area contributed by atoms with Gasteiger partial charge in [0.25, 0.3) is 0 Å². The second-order valence-corrected chi connectivity index (χ2v) is 3.92. The Kier molecular flexibility index (Phi) is 2.53. The van der Waals surface area contributed by atoms with Crippen LogP contribution in [0.25, 0.3) is 5.65 Å². The summed E-state index contributed by atoms with van der Waals surface area (Å²) in [7, 11) is 0. The summed E-state index contributed by atoms with van der Waals surface area (Å²) < 4.78 is 1.30. The van der Waals surface area contributed by atoms with Gasteiger partial charge in [0, 0.05) is 6.20 Å². The van der Waals surface area contributed by atoms with Crippen LogP contribution in [0.2, 0.25) is 5.02 Å². The van der Waals surface area contributed by atoms with E-state index in [2.05, 4.69) is 20.4 Å². The summed E-state index contributed by atoms with van der Waals surface area (Å²) in [4.78, 5) is 21.8. The molecule has 0 unspecified atom stereocenters. The Bertz CT molecular complexity index is 751. The largest absolute Gasteiger partial charge is 0.381 e. The topological polar surface area (TPSA) is 113 Å². The minimum Gasteiger partial charge on any atom is -0.381 e. The number of nitrogens with zero attached hydrogens (tertiary/aromatic N) is 6. The van der Waals surface area contributed by atoms with Crippen LogP contribution in [-0.4, -0.2) is 35.7 Å². The van der Waals surface area contributed by atoms with Crippen LogP contribution >= 0.6 is 11.6 Å². The zero-order valence-corrected chi connectivity index (χ0v) is 10.0. The van der Waals surface area contributed by atoms with Gasteiger partial charge in [-0.05, 0) is 5.21 Å². The van der Waals surface area contributed by atoms with Crippen LogP contribution in [0, 0.1) is 0 Å². The second-order valence-electron chi connectivity index (χ2n) is 3.48. The Morgan fingerprint density at radius 1 is 1.47 bits per heavy atom. The van der Waals surface area contributed by atoms with E-state index in [4.69, 9.17) is 22.2 Å². The maximum Gasteiger partial charge on any atom is 0.373 e. The Hall–Kier alpha value is -2.68. The Labute approximate surface area is 110 Å². The fourth-order valence-electron chi connectivity index (χ4n) is 1.50. The molecule has 0 fully saturated rings. The number of carbonyl (C=O) groups excluding carboxylic acids is 1. The first-order valence-electron chi connectivity index (χ1n) is 5.03. The number of hydrogen-bond acceptors (Lipinski definition) is 7. The molecule has 3 heterocycles. The number of aromatic nitrogens is 6. The number of carbonyl (C=O) groups is 1. The third kappa shape index (κ3) is 1.95. The minimum atomic E-state index is -0.743. The van der Waals surface area contributed by atoms with Gasteiger partial charge in [0.2, 0.25) is 0 Å². The third-order valence-corrected chi connectivity index (χ3v) is 2.44. The molecule has 0 bridgehead atoms. The minimum absolute atomic E-state index is 0.0140.